The van der Waals surface area contributed by atoms with Gasteiger partial charge in [0.25, 0.3) is 0 Å². The fourth-order valence-electron chi connectivity index (χ4n) is 1.93. The smallest absolute Gasteiger partial charge is 0.338 e. The molecule has 1 saturated heterocycles. The molecule has 0 bridgehead atoms. The third-order valence-corrected chi connectivity index (χ3v) is 2.85. The molecule has 4 heteroatoms. The molecule has 2 rings (SSSR count). The Labute approximate surface area is 108 Å². The molecule has 1 aliphatic rings. The summed E-state index contributed by atoms with van der Waals surface area (Å²) in [6.07, 6.45) is 2.54. The van der Waals surface area contributed by atoms with Crippen molar-refractivity contribution in [3.05, 3.63) is 35.9 Å². The molecule has 1 aromatic carbocycles. The normalized spacial score (nSPS) is 15.3. The third kappa shape index (κ3) is 4.36. The number of nitrogens with zero attached hydrogens (tertiary/aromatic N) is 1. The van der Waals surface area contributed by atoms with Crippen LogP contribution >= 0.6 is 12.4 Å². The third-order valence-electron chi connectivity index (χ3n) is 2.85. The number of carbonyl (C=O) groups excluding carboxylic acids is 1. The minimum Gasteiger partial charge on any atom is -0.461 e. The van der Waals surface area contributed by atoms with Crippen molar-refractivity contribution in [1.82, 2.24) is 4.90 Å². The lowest BCUT2D eigenvalue weighted by atomic mass is 10.2. The van der Waals surface area contributed by atoms with Gasteiger partial charge in [-0.2, -0.15) is 0 Å². The first-order chi connectivity index (χ1) is 7.86. The second-order valence-electron chi connectivity index (χ2n) is 4.05. The molecule has 94 valence electrons. The number of esters is 1. The van der Waals surface area contributed by atoms with Crippen LogP contribution in [0.1, 0.15) is 23.2 Å². The van der Waals surface area contributed by atoms with Gasteiger partial charge in [-0.25, -0.2) is 4.79 Å². The van der Waals surface area contributed by atoms with E-state index in [9.17, 15) is 4.79 Å². The number of carbonyl (C=O) groups is 1. The summed E-state index contributed by atoms with van der Waals surface area (Å²) in [6.45, 7) is 3.64. The molecule has 0 atom stereocenters. The highest BCUT2D eigenvalue weighted by atomic mass is 35.5. The Kier molecular flexibility index (Phi) is 6.01. The van der Waals surface area contributed by atoms with Gasteiger partial charge in [-0.3, -0.25) is 4.90 Å². The number of benzene rings is 1. The monoisotopic (exact) mass is 255 g/mol. The molecule has 1 fully saturated rings. The fourth-order valence-corrected chi connectivity index (χ4v) is 1.93. The molecule has 1 aromatic rings. The average molecular weight is 256 g/mol. The summed E-state index contributed by atoms with van der Waals surface area (Å²) in [4.78, 5) is 13.9. The number of ether oxygens (including phenoxy) is 1. The Morgan fingerprint density at radius 3 is 2.47 bits per heavy atom. The van der Waals surface area contributed by atoms with Crippen LogP contribution in [0.3, 0.4) is 0 Å². The quantitative estimate of drug-likeness (QED) is 0.774. The summed E-state index contributed by atoms with van der Waals surface area (Å²) in [5.74, 6) is -0.222. The van der Waals surface area contributed by atoms with E-state index in [0.29, 0.717) is 12.2 Å². The maximum absolute atomic E-state index is 11.6. The van der Waals surface area contributed by atoms with Crippen LogP contribution in [0.2, 0.25) is 0 Å². The fraction of sp³-hybridized carbons (Fsp3) is 0.462. The molecule has 0 spiro atoms. The zero-order valence-corrected chi connectivity index (χ0v) is 10.6. The SMILES string of the molecule is Cl.O=C(OCCN1CCCC1)c1ccccc1. The van der Waals surface area contributed by atoms with Crippen molar-refractivity contribution in [2.45, 2.75) is 12.8 Å². The van der Waals surface area contributed by atoms with Gasteiger partial charge in [0, 0.05) is 6.54 Å². The first-order valence-electron chi connectivity index (χ1n) is 5.81. The number of hydrogen-bond acceptors (Lipinski definition) is 3. The van der Waals surface area contributed by atoms with E-state index in [0.717, 1.165) is 19.6 Å². The maximum atomic E-state index is 11.6. The number of halogens is 1. The predicted molar refractivity (Wildman–Crippen MR) is 69.6 cm³/mol. The van der Waals surface area contributed by atoms with Crippen molar-refractivity contribution in [2.75, 3.05) is 26.2 Å². The van der Waals surface area contributed by atoms with Gasteiger partial charge in [0.2, 0.25) is 0 Å². The van der Waals surface area contributed by atoms with Gasteiger partial charge >= 0.3 is 5.97 Å². The second kappa shape index (κ2) is 7.30. The van der Waals surface area contributed by atoms with E-state index in [4.69, 9.17) is 4.74 Å². The number of likely N-dealkylation sites (tertiary alicyclic amines) is 1. The molecular weight excluding hydrogens is 238 g/mol. The Bertz CT molecular complexity index is 337. The van der Waals surface area contributed by atoms with E-state index in [-0.39, 0.29) is 18.4 Å². The van der Waals surface area contributed by atoms with Gasteiger partial charge in [-0.1, -0.05) is 18.2 Å². The first-order valence-corrected chi connectivity index (χ1v) is 5.81. The summed E-state index contributed by atoms with van der Waals surface area (Å²) in [6, 6.07) is 9.13. The average Bonchev–Trinajstić information content (AvgIpc) is 2.83. The molecule has 0 aromatic heterocycles. The summed E-state index contributed by atoms with van der Waals surface area (Å²) in [5.41, 5.74) is 0.629. The lowest BCUT2D eigenvalue weighted by molar-refractivity contribution is 0.0472. The molecule has 0 unspecified atom stereocenters. The van der Waals surface area contributed by atoms with Crippen LogP contribution in [0, 0.1) is 0 Å². The summed E-state index contributed by atoms with van der Waals surface area (Å²) in [5, 5.41) is 0. The van der Waals surface area contributed by atoms with Crippen molar-refractivity contribution in [3.8, 4) is 0 Å². The molecule has 17 heavy (non-hydrogen) atoms. The highest BCUT2D eigenvalue weighted by Gasteiger charge is 2.12. The van der Waals surface area contributed by atoms with Crippen LogP contribution < -0.4 is 0 Å². The van der Waals surface area contributed by atoms with E-state index in [2.05, 4.69) is 4.90 Å². The van der Waals surface area contributed by atoms with Crippen LogP contribution in [0.4, 0.5) is 0 Å². The largest absolute Gasteiger partial charge is 0.461 e. The highest BCUT2D eigenvalue weighted by Crippen LogP contribution is 2.07. The molecule has 3 nitrogen and oxygen atoms in total. The summed E-state index contributed by atoms with van der Waals surface area (Å²) >= 11 is 0. The molecule has 1 heterocycles. The van der Waals surface area contributed by atoms with Crippen LogP contribution in [0.15, 0.2) is 30.3 Å². The highest BCUT2D eigenvalue weighted by molar-refractivity contribution is 5.89. The lowest BCUT2D eigenvalue weighted by Crippen LogP contribution is -2.25. The van der Waals surface area contributed by atoms with Gasteiger partial charge in [0.15, 0.2) is 0 Å². The Hall–Kier alpha value is -1.06. The minimum atomic E-state index is -0.222. The maximum Gasteiger partial charge on any atom is 0.338 e. The van der Waals surface area contributed by atoms with E-state index in [1.165, 1.54) is 12.8 Å². The van der Waals surface area contributed by atoms with E-state index in [1.807, 2.05) is 18.2 Å². The van der Waals surface area contributed by atoms with Crippen molar-refractivity contribution in [1.29, 1.82) is 0 Å². The first kappa shape index (κ1) is 14.0. The Morgan fingerprint density at radius 2 is 1.82 bits per heavy atom. The molecule has 0 radical (unpaired) electrons. The zero-order valence-electron chi connectivity index (χ0n) is 9.80. The standard InChI is InChI=1S/C13H17NO2.ClH/c15-13(12-6-2-1-3-7-12)16-11-10-14-8-4-5-9-14;/h1-3,6-7H,4-5,8-11H2;1H. The van der Waals surface area contributed by atoms with Crippen LogP contribution in [-0.2, 0) is 4.74 Å². The topological polar surface area (TPSA) is 29.5 Å². The molecule has 1 aliphatic heterocycles. The van der Waals surface area contributed by atoms with Crippen molar-refractivity contribution in [3.63, 3.8) is 0 Å². The predicted octanol–water partition coefficient (Wildman–Crippen LogP) is 2.36. The van der Waals surface area contributed by atoms with Gasteiger partial charge in [-0.05, 0) is 38.1 Å². The summed E-state index contributed by atoms with van der Waals surface area (Å²) < 4.78 is 5.21. The van der Waals surface area contributed by atoms with Crippen molar-refractivity contribution < 1.29 is 9.53 Å². The van der Waals surface area contributed by atoms with Crippen LogP contribution in [0.25, 0.3) is 0 Å². The van der Waals surface area contributed by atoms with Gasteiger partial charge in [-0.15, -0.1) is 12.4 Å². The second-order valence-corrected chi connectivity index (χ2v) is 4.05. The van der Waals surface area contributed by atoms with E-state index in [1.54, 1.807) is 12.1 Å². The lowest BCUT2D eigenvalue weighted by Gasteiger charge is -2.14. The molecule has 0 N–H and O–H groups in total. The van der Waals surface area contributed by atoms with Gasteiger partial charge in [0.05, 0.1) is 5.56 Å². The molecule has 0 amide bonds. The van der Waals surface area contributed by atoms with E-state index < -0.39 is 0 Å². The molecular formula is C13H18ClNO2. The van der Waals surface area contributed by atoms with Crippen LogP contribution in [0.5, 0.6) is 0 Å². The van der Waals surface area contributed by atoms with Crippen LogP contribution in [-0.4, -0.2) is 37.1 Å². The zero-order chi connectivity index (χ0) is 11.2. The van der Waals surface area contributed by atoms with E-state index >= 15 is 0 Å². The molecule has 0 aliphatic carbocycles. The van der Waals surface area contributed by atoms with Crippen molar-refractivity contribution in [2.24, 2.45) is 0 Å². The molecule has 0 saturated carbocycles. The van der Waals surface area contributed by atoms with Gasteiger partial charge < -0.3 is 4.74 Å². The minimum absolute atomic E-state index is 0. The summed E-state index contributed by atoms with van der Waals surface area (Å²) in [7, 11) is 0. The van der Waals surface area contributed by atoms with Crippen molar-refractivity contribution >= 4 is 18.4 Å². The van der Waals surface area contributed by atoms with Gasteiger partial charge in [0.1, 0.15) is 6.61 Å². The number of rotatable bonds is 4. The Morgan fingerprint density at radius 1 is 1.18 bits per heavy atom. The number of hydrogen-bond donors (Lipinski definition) is 0. The Balaban J connectivity index is 0.00000144.